The highest BCUT2D eigenvalue weighted by Gasteiger charge is 2.51. The molecule has 2 unspecified atom stereocenters. The molecule has 0 saturated heterocycles. The minimum absolute atomic E-state index is 0.0323. The summed E-state index contributed by atoms with van der Waals surface area (Å²) in [6, 6.07) is 98.8. The second-order valence-electron chi connectivity index (χ2n) is 21.8. The Bertz CT molecular complexity index is 4580. The Kier molecular flexibility index (Phi) is 9.98. The van der Waals surface area contributed by atoms with Gasteiger partial charge in [-0.1, -0.05) is 249 Å². The van der Waals surface area contributed by atoms with Crippen molar-refractivity contribution in [3.8, 4) is 101 Å². The molecule has 81 heavy (non-hydrogen) atoms. The van der Waals surface area contributed by atoms with Crippen LogP contribution in [0.4, 0.5) is 0 Å². The van der Waals surface area contributed by atoms with Gasteiger partial charge in [-0.15, -0.1) is 0 Å². The maximum Gasteiger partial charge on any atom is 0.164 e. The van der Waals surface area contributed by atoms with Crippen LogP contribution >= 0.6 is 0 Å². The topological polar surface area (TPSA) is 64.5 Å². The number of benzene rings is 11. The molecule has 376 valence electrons. The van der Waals surface area contributed by atoms with Gasteiger partial charge in [-0.3, -0.25) is 0 Å². The lowest BCUT2D eigenvalue weighted by atomic mass is 9.60. The molecule has 2 aromatic heterocycles. The predicted molar refractivity (Wildman–Crippen MR) is 325 cm³/mol. The van der Waals surface area contributed by atoms with E-state index in [4.69, 9.17) is 24.9 Å². The summed E-state index contributed by atoms with van der Waals surface area (Å²) < 4.78 is 0. The third-order valence-electron chi connectivity index (χ3n) is 17.6. The van der Waals surface area contributed by atoms with E-state index < -0.39 is 5.41 Å². The monoisotopic (exact) mass is 1030 g/mol. The van der Waals surface area contributed by atoms with E-state index in [1.807, 2.05) is 42.5 Å². The molecule has 13 aromatic rings. The van der Waals surface area contributed by atoms with E-state index >= 15 is 0 Å². The zero-order valence-electron chi connectivity index (χ0n) is 43.9. The Morgan fingerprint density at radius 3 is 1.09 bits per heavy atom. The van der Waals surface area contributed by atoms with Crippen molar-refractivity contribution in [2.75, 3.05) is 0 Å². The molecule has 0 aliphatic heterocycles. The molecule has 1 spiro atoms. The summed E-state index contributed by atoms with van der Waals surface area (Å²) in [6.45, 7) is 0. The number of hydrogen-bond acceptors (Lipinski definition) is 5. The van der Waals surface area contributed by atoms with Crippen LogP contribution in [-0.4, -0.2) is 24.9 Å². The summed E-state index contributed by atoms with van der Waals surface area (Å²) in [7, 11) is 0. The lowest BCUT2D eigenvalue weighted by Crippen LogP contribution is -2.27. The molecular weight excluding hydrogens is 983 g/mol. The summed E-state index contributed by atoms with van der Waals surface area (Å²) in [6.07, 6.45) is 0. The van der Waals surface area contributed by atoms with E-state index in [-0.39, 0.29) is 11.8 Å². The third kappa shape index (κ3) is 6.88. The number of rotatable bonds is 7. The molecule has 0 N–H and O–H groups in total. The minimum atomic E-state index is -0.399. The SMILES string of the molecule is c1ccc(-c2nc(-c3ccc(-c4ccc5c(c4)C4(c6ccccc6-c6ccccc64)c4ccccc4-5)cc3)cc(-c3ccc4c(c3)C3c5ccccc5C4c4cc(-c5nc(-c6ccccc6)nc(-c6ccccc6)n5)ccc43)n2)cc1. The van der Waals surface area contributed by atoms with Crippen LogP contribution in [0.5, 0.6) is 0 Å². The average Bonchev–Trinajstić information content (AvgIpc) is 3.88. The van der Waals surface area contributed by atoms with Crippen LogP contribution in [0.3, 0.4) is 0 Å². The fourth-order valence-electron chi connectivity index (χ4n) is 14.0. The van der Waals surface area contributed by atoms with Gasteiger partial charge >= 0.3 is 0 Å². The van der Waals surface area contributed by atoms with Crippen LogP contribution in [0.15, 0.2) is 273 Å². The van der Waals surface area contributed by atoms with Crippen LogP contribution in [-0.2, 0) is 5.41 Å². The van der Waals surface area contributed by atoms with Gasteiger partial charge in [0.15, 0.2) is 23.3 Å². The zero-order valence-corrected chi connectivity index (χ0v) is 43.9. The molecule has 2 atom stereocenters. The number of aromatic nitrogens is 5. The van der Waals surface area contributed by atoms with Crippen molar-refractivity contribution in [2.45, 2.75) is 17.3 Å². The van der Waals surface area contributed by atoms with Crippen molar-refractivity contribution >= 4 is 0 Å². The molecule has 11 aromatic carbocycles. The normalized spacial score (nSPS) is 15.0. The molecule has 2 bridgehead atoms. The fourth-order valence-corrected chi connectivity index (χ4v) is 14.0. The summed E-state index contributed by atoms with van der Waals surface area (Å²) in [5, 5.41) is 0. The van der Waals surface area contributed by atoms with E-state index in [0.717, 1.165) is 50.3 Å². The lowest BCUT2D eigenvalue weighted by Gasteiger charge is -2.42. The molecule has 5 aliphatic carbocycles. The van der Waals surface area contributed by atoms with Gasteiger partial charge in [-0.2, -0.15) is 0 Å². The minimum Gasteiger partial charge on any atom is -0.228 e. The van der Waals surface area contributed by atoms with Gasteiger partial charge in [0.2, 0.25) is 0 Å². The molecule has 0 fully saturated rings. The fraction of sp³-hybridized carbons (Fsp3) is 0.0395. The molecule has 2 heterocycles. The van der Waals surface area contributed by atoms with Crippen LogP contribution in [0.25, 0.3) is 101 Å². The Morgan fingerprint density at radius 2 is 0.568 bits per heavy atom. The summed E-state index contributed by atoms with van der Waals surface area (Å²) in [4.78, 5) is 25.9. The van der Waals surface area contributed by atoms with Gasteiger partial charge in [0.05, 0.1) is 16.8 Å². The summed E-state index contributed by atoms with van der Waals surface area (Å²) in [5.74, 6) is 2.72. The third-order valence-corrected chi connectivity index (χ3v) is 17.6. The second-order valence-corrected chi connectivity index (χ2v) is 21.8. The molecule has 18 rings (SSSR count). The van der Waals surface area contributed by atoms with E-state index in [1.54, 1.807) is 0 Å². The van der Waals surface area contributed by atoms with Gasteiger partial charge in [0.1, 0.15) is 0 Å². The van der Waals surface area contributed by atoms with Crippen LogP contribution < -0.4 is 0 Å². The number of hydrogen-bond donors (Lipinski definition) is 0. The number of nitrogens with zero attached hydrogens (tertiary/aromatic N) is 5. The first-order valence-electron chi connectivity index (χ1n) is 27.9. The van der Waals surface area contributed by atoms with E-state index in [2.05, 4.69) is 231 Å². The highest BCUT2D eigenvalue weighted by atomic mass is 15.0. The summed E-state index contributed by atoms with van der Waals surface area (Å²) in [5.41, 5.74) is 28.1. The summed E-state index contributed by atoms with van der Waals surface area (Å²) >= 11 is 0. The average molecular weight is 1030 g/mol. The molecule has 5 heteroatoms. The van der Waals surface area contributed by atoms with Crippen molar-refractivity contribution in [2.24, 2.45) is 0 Å². The number of fused-ring (bicyclic) bond motifs is 10. The smallest absolute Gasteiger partial charge is 0.164 e. The highest BCUT2D eigenvalue weighted by molar-refractivity contribution is 5.96. The van der Waals surface area contributed by atoms with Crippen molar-refractivity contribution in [3.05, 3.63) is 329 Å². The second kappa shape index (κ2) is 17.8. The van der Waals surface area contributed by atoms with Crippen LogP contribution in [0, 0.1) is 0 Å². The van der Waals surface area contributed by atoms with Crippen molar-refractivity contribution in [1.29, 1.82) is 0 Å². The molecule has 0 saturated carbocycles. The molecule has 5 aliphatic rings. The molecule has 5 nitrogen and oxygen atoms in total. The standard InChI is InChI=1S/C76H47N5/c1-4-18-48(19-5-1)72-77-68(47-34-32-46(33-35-47)51-36-39-57-56-26-14-17-31-66(56)76(67(57)44-51)64-29-15-12-24-54(64)55-25-13-16-30-65(55)76)45-69(78-72)52-37-40-60-62(42-52)70-58-27-10-11-28-59(58)71(60)63-43-53(38-41-61(63)70)75-80-73(49-20-6-2-7-21-49)79-74(81-75)50-22-8-3-9-23-50/h1-45,70-71H. The first kappa shape index (κ1) is 45.5. The first-order valence-corrected chi connectivity index (χ1v) is 27.9. The van der Waals surface area contributed by atoms with Crippen LogP contribution in [0.1, 0.15) is 67.5 Å². The van der Waals surface area contributed by atoms with E-state index in [9.17, 15) is 0 Å². The highest BCUT2D eigenvalue weighted by Crippen LogP contribution is 2.63. The van der Waals surface area contributed by atoms with Gasteiger partial charge in [-0.25, -0.2) is 24.9 Å². The predicted octanol–water partition coefficient (Wildman–Crippen LogP) is 17.7. The van der Waals surface area contributed by atoms with E-state index in [0.29, 0.717) is 23.3 Å². The Hall–Kier alpha value is -10.5. The molecule has 0 amide bonds. The largest absolute Gasteiger partial charge is 0.228 e. The van der Waals surface area contributed by atoms with Crippen LogP contribution in [0.2, 0.25) is 0 Å². The lowest BCUT2D eigenvalue weighted by molar-refractivity contribution is 0.754. The van der Waals surface area contributed by atoms with E-state index in [1.165, 1.54) is 83.5 Å². The Balaban J connectivity index is 0.749. The Morgan fingerprint density at radius 1 is 0.210 bits per heavy atom. The van der Waals surface area contributed by atoms with Gasteiger partial charge < -0.3 is 0 Å². The first-order chi connectivity index (χ1) is 40.1. The van der Waals surface area contributed by atoms with Crippen molar-refractivity contribution in [3.63, 3.8) is 0 Å². The maximum atomic E-state index is 5.35. The van der Waals surface area contributed by atoms with Gasteiger partial charge in [0, 0.05) is 45.2 Å². The maximum absolute atomic E-state index is 5.35. The van der Waals surface area contributed by atoms with Crippen molar-refractivity contribution in [1.82, 2.24) is 24.9 Å². The Labute approximate surface area is 469 Å². The van der Waals surface area contributed by atoms with Crippen molar-refractivity contribution < 1.29 is 0 Å². The molecular formula is C76H47N5. The van der Waals surface area contributed by atoms with Gasteiger partial charge in [0.25, 0.3) is 0 Å². The van der Waals surface area contributed by atoms with Gasteiger partial charge in [-0.05, 0) is 113 Å². The molecule has 0 radical (unpaired) electrons. The quantitative estimate of drug-likeness (QED) is 0.159. The zero-order chi connectivity index (χ0) is 53.2.